The van der Waals surface area contributed by atoms with Crippen LogP contribution in [0.25, 0.3) is 0 Å². The lowest BCUT2D eigenvalue weighted by Gasteiger charge is -2.24. The highest BCUT2D eigenvalue weighted by Crippen LogP contribution is 2.15. The Kier molecular flexibility index (Phi) is 7.14. The fraction of sp³-hybridized carbons (Fsp3) is 0.222. The van der Waals surface area contributed by atoms with Crippen molar-refractivity contribution >= 4 is 5.91 Å². The van der Waals surface area contributed by atoms with Crippen LogP contribution in [0.5, 0.6) is 5.75 Å². The zero-order valence-electron chi connectivity index (χ0n) is 17.6. The molecule has 1 amide bonds. The molecule has 1 aliphatic heterocycles. The molecular formula is C27H28N2O2. The number of nitrogens with one attached hydrogen (secondary N) is 1. The van der Waals surface area contributed by atoms with E-state index >= 15 is 0 Å². The normalized spacial score (nSPS) is 16.5. The van der Waals surface area contributed by atoms with Gasteiger partial charge in [-0.15, -0.1) is 0 Å². The zero-order valence-corrected chi connectivity index (χ0v) is 17.6. The summed E-state index contributed by atoms with van der Waals surface area (Å²) in [5.41, 5.74) is 3.05. The van der Waals surface area contributed by atoms with Crippen molar-refractivity contribution in [2.45, 2.75) is 25.6 Å². The van der Waals surface area contributed by atoms with Gasteiger partial charge >= 0.3 is 0 Å². The van der Waals surface area contributed by atoms with Crippen LogP contribution in [0.15, 0.2) is 97.1 Å². The van der Waals surface area contributed by atoms with Crippen LogP contribution >= 0.6 is 0 Å². The van der Waals surface area contributed by atoms with Crippen LogP contribution in [0.3, 0.4) is 0 Å². The Morgan fingerprint density at radius 3 is 2.29 bits per heavy atom. The van der Waals surface area contributed by atoms with Crippen molar-refractivity contribution in [1.29, 1.82) is 0 Å². The summed E-state index contributed by atoms with van der Waals surface area (Å²) in [5.74, 6) is 0.689. The van der Waals surface area contributed by atoms with Crippen LogP contribution in [-0.4, -0.2) is 29.9 Å². The van der Waals surface area contributed by atoms with E-state index in [1.807, 2.05) is 60.7 Å². The van der Waals surface area contributed by atoms with Gasteiger partial charge in [-0.1, -0.05) is 72.8 Å². The number of ether oxygens (including phenoxy) is 1. The summed E-state index contributed by atoms with van der Waals surface area (Å²) in [6, 6.07) is 27.8. The lowest BCUT2D eigenvalue weighted by atomic mass is 10.1. The summed E-state index contributed by atoms with van der Waals surface area (Å²) in [6.45, 7) is 3.19. The fourth-order valence-corrected chi connectivity index (χ4v) is 3.72. The molecule has 0 spiro atoms. The monoisotopic (exact) mass is 412 g/mol. The van der Waals surface area contributed by atoms with E-state index in [0.29, 0.717) is 12.2 Å². The number of nitrogens with zero attached hydrogens (tertiary/aromatic N) is 1. The van der Waals surface area contributed by atoms with Gasteiger partial charge in [-0.05, 0) is 41.8 Å². The molecule has 0 aromatic heterocycles. The summed E-state index contributed by atoms with van der Waals surface area (Å²) in [5, 5.41) is 3.16. The van der Waals surface area contributed by atoms with Crippen molar-refractivity contribution < 1.29 is 9.53 Å². The molecule has 0 aliphatic carbocycles. The number of hydrogen-bond donors (Lipinski definition) is 1. The van der Waals surface area contributed by atoms with Gasteiger partial charge in [-0.25, -0.2) is 0 Å². The molecule has 1 N–H and O–H groups in total. The van der Waals surface area contributed by atoms with Crippen LogP contribution in [0.1, 0.15) is 27.9 Å². The number of carbonyl (C=O) groups excluding carboxylic acids is 1. The molecule has 4 heteroatoms. The minimum Gasteiger partial charge on any atom is -0.489 e. The Balaban J connectivity index is 1.31. The standard InChI is InChI=1S/C27H28N2O2/c30-27(24-14-16-26(17-15-24)31-21-23-11-5-2-6-12-23)28-25-13-7-8-18-29(20-25)19-22-9-3-1-4-10-22/h1-7,9-17,25H,8,18-21H2,(H,28,30). The molecule has 0 saturated carbocycles. The van der Waals surface area contributed by atoms with Gasteiger partial charge in [0.15, 0.2) is 0 Å². The number of rotatable bonds is 7. The molecule has 0 fully saturated rings. The van der Waals surface area contributed by atoms with E-state index in [1.165, 1.54) is 5.56 Å². The molecule has 1 unspecified atom stereocenters. The minimum absolute atomic E-state index is 0.00674. The fourth-order valence-electron chi connectivity index (χ4n) is 3.72. The predicted octanol–water partition coefficient (Wildman–Crippen LogP) is 4.83. The van der Waals surface area contributed by atoms with E-state index in [-0.39, 0.29) is 11.9 Å². The highest BCUT2D eigenvalue weighted by Gasteiger charge is 2.17. The van der Waals surface area contributed by atoms with Crippen molar-refractivity contribution in [3.05, 3.63) is 114 Å². The molecule has 1 aliphatic rings. The highest BCUT2D eigenvalue weighted by molar-refractivity contribution is 5.94. The Hall–Kier alpha value is -3.37. The van der Waals surface area contributed by atoms with E-state index in [9.17, 15) is 4.79 Å². The largest absolute Gasteiger partial charge is 0.489 e. The molecule has 3 aromatic rings. The Morgan fingerprint density at radius 2 is 1.58 bits per heavy atom. The van der Waals surface area contributed by atoms with Crippen molar-refractivity contribution in [2.24, 2.45) is 0 Å². The number of hydrogen-bond acceptors (Lipinski definition) is 3. The summed E-state index contributed by atoms with van der Waals surface area (Å²) < 4.78 is 5.81. The second-order valence-corrected chi connectivity index (χ2v) is 7.82. The maximum atomic E-state index is 12.8. The number of carbonyl (C=O) groups is 1. The first kappa shape index (κ1) is 20.9. The van der Waals surface area contributed by atoms with Crippen LogP contribution in [0, 0.1) is 0 Å². The molecule has 1 atom stereocenters. The summed E-state index contributed by atoms with van der Waals surface area (Å²) in [6.07, 6.45) is 5.27. The van der Waals surface area contributed by atoms with Crippen molar-refractivity contribution in [3.63, 3.8) is 0 Å². The van der Waals surface area contributed by atoms with Gasteiger partial charge in [0, 0.05) is 25.2 Å². The number of amides is 1. The topological polar surface area (TPSA) is 41.6 Å². The molecule has 3 aromatic carbocycles. The Labute approximate surface area is 184 Å². The molecule has 0 radical (unpaired) electrons. The van der Waals surface area contributed by atoms with Crippen LogP contribution in [0.2, 0.25) is 0 Å². The van der Waals surface area contributed by atoms with Gasteiger partial charge in [0.05, 0.1) is 6.04 Å². The smallest absolute Gasteiger partial charge is 0.251 e. The average molecular weight is 413 g/mol. The van der Waals surface area contributed by atoms with E-state index in [0.717, 1.165) is 37.4 Å². The quantitative estimate of drug-likeness (QED) is 0.566. The van der Waals surface area contributed by atoms with Crippen molar-refractivity contribution in [1.82, 2.24) is 10.2 Å². The molecule has 4 rings (SSSR count). The number of benzene rings is 3. The third-order valence-corrected chi connectivity index (χ3v) is 5.37. The minimum atomic E-state index is -0.0641. The SMILES string of the molecule is O=C(NC1C=CCCN(Cc2ccccc2)C1)c1ccc(OCc2ccccc2)cc1. The van der Waals surface area contributed by atoms with E-state index in [2.05, 4.69) is 46.6 Å². The molecule has 4 nitrogen and oxygen atoms in total. The van der Waals surface area contributed by atoms with Gasteiger partial charge in [0.1, 0.15) is 12.4 Å². The highest BCUT2D eigenvalue weighted by atomic mass is 16.5. The van der Waals surface area contributed by atoms with E-state index in [4.69, 9.17) is 4.74 Å². The molecule has 0 saturated heterocycles. The summed E-state index contributed by atoms with van der Waals surface area (Å²) >= 11 is 0. The second kappa shape index (κ2) is 10.6. The summed E-state index contributed by atoms with van der Waals surface area (Å²) in [7, 11) is 0. The summed E-state index contributed by atoms with van der Waals surface area (Å²) in [4.78, 5) is 15.2. The van der Waals surface area contributed by atoms with Gasteiger partial charge in [0.25, 0.3) is 5.91 Å². The Morgan fingerprint density at radius 1 is 0.903 bits per heavy atom. The van der Waals surface area contributed by atoms with Crippen molar-refractivity contribution in [2.75, 3.05) is 13.1 Å². The molecule has 0 bridgehead atoms. The average Bonchev–Trinajstić information content (AvgIpc) is 3.04. The van der Waals surface area contributed by atoms with Crippen LogP contribution in [-0.2, 0) is 13.2 Å². The molecule has 31 heavy (non-hydrogen) atoms. The van der Waals surface area contributed by atoms with Gasteiger partial charge in [0.2, 0.25) is 0 Å². The predicted molar refractivity (Wildman–Crippen MR) is 124 cm³/mol. The second-order valence-electron chi connectivity index (χ2n) is 7.82. The lowest BCUT2D eigenvalue weighted by molar-refractivity contribution is 0.0935. The third kappa shape index (κ3) is 6.30. The third-order valence-electron chi connectivity index (χ3n) is 5.37. The zero-order chi connectivity index (χ0) is 21.3. The van der Waals surface area contributed by atoms with Gasteiger partial charge in [-0.2, -0.15) is 0 Å². The maximum Gasteiger partial charge on any atom is 0.251 e. The Bertz CT molecular complexity index is 985. The maximum absolute atomic E-state index is 12.8. The first-order valence-electron chi connectivity index (χ1n) is 10.8. The van der Waals surface area contributed by atoms with Crippen LogP contribution < -0.4 is 10.1 Å². The molecular weight excluding hydrogens is 384 g/mol. The molecule has 158 valence electrons. The van der Waals surface area contributed by atoms with Gasteiger partial charge in [-0.3, -0.25) is 9.69 Å². The van der Waals surface area contributed by atoms with E-state index < -0.39 is 0 Å². The first-order valence-corrected chi connectivity index (χ1v) is 10.8. The van der Waals surface area contributed by atoms with Gasteiger partial charge < -0.3 is 10.1 Å². The van der Waals surface area contributed by atoms with E-state index in [1.54, 1.807) is 0 Å². The van der Waals surface area contributed by atoms with Crippen molar-refractivity contribution in [3.8, 4) is 5.75 Å². The van der Waals surface area contributed by atoms with Crippen LogP contribution in [0.4, 0.5) is 0 Å². The molecule has 1 heterocycles. The lowest BCUT2D eigenvalue weighted by Crippen LogP contribution is -2.41. The first-order chi connectivity index (χ1) is 15.3.